The number of halogens is 1. The van der Waals surface area contributed by atoms with Gasteiger partial charge in [-0.3, -0.25) is 0 Å². The molecule has 0 saturated heterocycles. The summed E-state index contributed by atoms with van der Waals surface area (Å²) in [5.41, 5.74) is 0.668. The van der Waals surface area contributed by atoms with Gasteiger partial charge in [0.1, 0.15) is 6.61 Å². The molecule has 0 saturated carbocycles. The van der Waals surface area contributed by atoms with Crippen molar-refractivity contribution in [1.82, 2.24) is 0 Å². The van der Waals surface area contributed by atoms with E-state index in [1.54, 1.807) is 24.3 Å². The van der Waals surface area contributed by atoms with Gasteiger partial charge in [0.25, 0.3) is 0 Å². The number of ether oxygens (including phenoxy) is 1. The van der Waals surface area contributed by atoms with Gasteiger partial charge in [0.05, 0.1) is 0 Å². The molecular weight excluding hydrogens is 180 g/mol. The van der Waals surface area contributed by atoms with Crippen LogP contribution >= 0.6 is 11.6 Å². The molecule has 0 heterocycles. The standard InChI is InChI=1S/C8H7ClO3/c9-7-4-2-1-3-6(7)5-12-8(10)11/h1-4H,5H2,(H,10,11). The van der Waals surface area contributed by atoms with E-state index in [2.05, 4.69) is 4.74 Å². The third-order valence-corrected chi connectivity index (χ3v) is 1.68. The molecule has 64 valence electrons. The first kappa shape index (κ1) is 8.87. The number of rotatable bonds is 2. The predicted molar refractivity (Wildman–Crippen MR) is 44.3 cm³/mol. The molecule has 0 aliphatic rings. The lowest BCUT2D eigenvalue weighted by atomic mass is 10.2. The van der Waals surface area contributed by atoms with Crippen LogP contribution in [-0.2, 0) is 11.3 Å². The molecule has 4 heteroatoms. The average Bonchev–Trinajstić information content (AvgIpc) is 2.03. The van der Waals surface area contributed by atoms with Gasteiger partial charge in [-0.1, -0.05) is 29.8 Å². The molecule has 0 unspecified atom stereocenters. The molecule has 1 aromatic carbocycles. The second kappa shape index (κ2) is 3.97. The first-order chi connectivity index (χ1) is 5.70. The van der Waals surface area contributed by atoms with Crippen molar-refractivity contribution in [3.63, 3.8) is 0 Å². The molecule has 3 nitrogen and oxygen atoms in total. The summed E-state index contributed by atoms with van der Waals surface area (Å²) in [6.45, 7) is -0.00495. The molecule has 1 N–H and O–H groups in total. The molecule has 0 radical (unpaired) electrons. The van der Waals surface area contributed by atoms with Crippen LogP contribution in [-0.4, -0.2) is 11.3 Å². The van der Waals surface area contributed by atoms with E-state index in [4.69, 9.17) is 16.7 Å². The second-order valence-corrected chi connectivity index (χ2v) is 2.55. The van der Waals surface area contributed by atoms with Gasteiger partial charge in [0.2, 0.25) is 0 Å². The fraction of sp³-hybridized carbons (Fsp3) is 0.125. The summed E-state index contributed by atoms with van der Waals surface area (Å²) < 4.78 is 4.34. The first-order valence-corrected chi connectivity index (χ1v) is 3.67. The topological polar surface area (TPSA) is 46.5 Å². The summed E-state index contributed by atoms with van der Waals surface area (Å²) >= 11 is 5.73. The van der Waals surface area contributed by atoms with Gasteiger partial charge in [0, 0.05) is 10.6 Å². The monoisotopic (exact) mass is 186 g/mol. The molecule has 0 fully saturated rings. The number of hydrogen-bond donors (Lipinski definition) is 1. The first-order valence-electron chi connectivity index (χ1n) is 3.29. The highest BCUT2D eigenvalue weighted by atomic mass is 35.5. The van der Waals surface area contributed by atoms with E-state index < -0.39 is 6.16 Å². The number of carbonyl (C=O) groups is 1. The van der Waals surface area contributed by atoms with Gasteiger partial charge in [-0.15, -0.1) is 0 Å². The van der Waals surface area contributed by atoms with E-state index in [1.165, 1.54) is 0 Å². The smallest absolute Gasteiger partial charge is 0.450 e. The van der Waals surface area contributed by atoms with Crippen molar-refractivity contribution >= 4 is 17.8 Å². The Morgan fingerprint density at radius 2 is 2.17 bits per heavy atom. The molecule has 0 bridgehead atoms. The highest BCUT2D eigenvalue weighted by molar-refractivity contribution is 6.31. The lowest BCUT2D eigenvalue weighted by Crippen LogP contribution is -2.00. The van der Waals surface area contributed by atoms with Crippen LogP contribution in [0.15, 0.2) is 24.3 Å². The summed E-state index contributed by atoms with van der Waals surface area (Å²) in [5.74, 6) is 0. The van der Waals surface area contributed by atoms with Crippen molar-refractivity contribution in [2.45, 2.75) is 6.61 Å². The van der Waals surface area contributed by atoms with Crippen LogP contribution in [0.1, 0.15) is 5.56 Å². The fourth-order valence-corrected chi connectivity index (χ4v) is 0.945. The summed E-state index contributed by atoms with van der Waals surface area (Å²) in [6.07, 6.45) is -1.30. The SMILES string of the molecule is O=C(O)OCc1ccccc1Cl. The Bertz CT molecular complexity index is 285. The summed E-state index contributed by atoms with van der Waals surface area (Å²) in [7, 11) is 0. The van der Waals surface area contributed by atoms with Crippen molar-refractivity contribution in [3.8, 4) is 0 Å². The summed E-state index contributed by atoms with van der Waals surface area (Å²) in [5, 5.41) is 8.71. The van der Waals surface area contributed by atoms with Gasteiger partial charge in [-0.25, -0.2) is 4.79 Å². The summed E-state index contributed by atoms with van der Waals surface area (Å²) in [4.78, 5) is 10.0. The summed E-state index contributed by atoms with van der Waals surface area (Å²) in [6, 6.07) is 6.94. The normalized spacial score (nSPS) is 9.42. The molecule has 0 aromatic heterocycles. The number of carboxylic acid groups (broad SMARTS) is 1. The van der Waals surface area contributed by atoms with Crippen LogP contribution in [0.3, 0.4) is 0 Å². The van der Waals surface area contributed by atoms with Gasteiger partial charge >= 0.3 is 6.16 Å². The number of hydrogen-bond acceptors (Lipinski definition) is 2. The van der Waals surface area contributed by atoms with E-state index in [1.807, 2.05) is 0 Å². The molecule has 1 aromatic rings. The minimum absolute atomic E-state index is 0.00495. The van der Waals surface area contributed by atoms with E-state index in [0.29, 0.717) is 10.6 Å². The molecule has 0 aliphatic carbocycles. The van der Waals surface area contributed by atoms with Crippen LogP contribution < -0.4 is 0 Å². The lowest BCUT2D eigenvalue weighted by molar-refractivity contribution is 0.0854. The van der Waals surface area contributed by atoms with Crippen LogP contribution in [0.25, 0.3) is 0 Å². The van der Waals surface area contributed by atoms with Gasteiger partial charge < -0.3 is 9.84 Å². The predicted octanol–water partition coefficient (Wildman–Crippen LogP) is 2.53. The zero-order valence-electron chi connectivity index (χ0n) is 6.16. The molecule has 1 rings (SSSR count). The van der Waals surface area contributed by atoms with Crippen molar-refractivity contribution in [1.29, 1.82) is 0 Å². The maximum absolute atomic E-state index is 10.0. The quantitative estimate of drug-likeness (QED) is 0.722. The van der Waals surface area contributed by atoms with Crippen LogP contribution in [0.5, 0.6) is 0 Å². The van der Waals surface area contributed by atoms with Crippen molar-refractivity contribution in [2.24, 2.45) is 0 Å². The fourth-order valence-electron chi connectivity index (χ4n) is 0.755. The zero-order chi connectivity index (χ0) is 8.97. The Morgan fingerprint density at radius 1 is 1.50 bits per heavy atom. The van der Waals surface area contributed by atoms with Crippen molar-refractivity contribution in [3.05, 3.63) is 34.9 Å². The highest BCUT2D eigenvalue weighted by Crippen LogP contribution is 2.15. The molecule has 0 aliphatic heterocycles. The molecule has 0 amide bonds. The largest absolute Gasteiger partial charge is 0.506 e. The van der Waals surface area contributed by atoms with Crippen molar-refractivity contribution in [2.75, 3.05) is 0 Å². The molecular formula is C8H7ClO3. The number of benzene rings is 1. The van der Waals surface area contributed by atoms with Crippen LogP contribution in [0.2, 0.25) is 5.02 Å². The van der Waals surface area contributed by atoms with Gasteiger partial charge in [0.15, 0.2) is 0 Å². The maximum Gasteiger partial charge on any atom is 0.506 e. The van der Waals surface area contributed by atoms with E-state index >= 15 is 0 Å². The third kappa shape index (κ3) is 2.43. The molecule has 0 atom stereocenters. The Kier molecular flexibility index (Phi) is 2.94. The van der Waals surface area contributed by atoms with E-state index in [-0.39, 0.29) is 6.61 Å². The highest BCUT2D eigenvalue weighted by Gasteiger charge is 2.01. The molecule has 0 spiro atoms. The Labute approximate surface area is 74.5 Å². The molecule has 12 heavy (non-hydrogen) atoms. The lowest BCUT2D eigenvalue weighted by Gasteiger charge is -2.01. The Balaban J connectivity index is 2.63. The van der Waals surface area contributed by atoms with Gasteiger partial charge in [-0.05, 0) is 6.07 Å². The average molecular weight is 187 g/mol. The van der Waals surface area contributed by atoms with Crippen LogP contribution in [0, 0.1) is 0 Å². The zero-order valence-corrected chi connectivity index (χ0v) is 6.91. The van der Waals surface area contributed by atoms with Gasteiger partial charge in [-0.2, -0.15) is 0 Å². The minimum Gasteiger partial charge on any atom is -0.450 e. The van der Waals surface area contributed by atoms with E-state index in [9.17, 15) is 4.79 Å². The Hall–Kier alpha value is -1.22. The van der Waals surface area contributed by atoms with Crippen molar-refractivity contribution < 1.29 is 14.6 Å². The van der Waals surface area contributed by atoms with Crippen LogP contribution in [0.4, 0.5) is 4.79 Å². The third-order valence-electron chi connectivity index (χ3n) is 1.31. The second-order valence-electron chi connectivity index (χ2n) is 2.15. The minimum atomic E-state index is -1.30. The maximum atomic E-state index is 10.0. The Morgan fingerprint density at radius 3 is 2.75 bits per heavy atom. The van der Waals surface area contributed by atoms with E-state index in [0.717, 1.165) is 0 Å².